The van der Waals surface area contributed by atoms with Crippen LogP contribution in [0.2, 0.25) is 0 Å². The number of allylic oxidation sites excluding steroid dienone is 1. The fourth-order valence-electron chi connectivity index (χ4n) is 4.40. The number of nitrogens with one attached hydrogen (secondary N) is 4. The number of oxazole rings is 1. The van der Waals surface area contributed by atoms with Gasteiger partial charge in [-0.1, -0.05) is 17.7 Å². The summed E-state index contributed by atoms with van der Waals surface area (Å²) in [4.78, 5) is 17.0. The van der Waals surface area contributed by atoms with Crippen molar-refractivity contribution in [2.75, 3.05) is 11.9 Å². The molecule has 0 radical (unpaired) electrons. The van der Waals surface area contributed by atoms with E-state index in [-0.39, 0.29) is 29.5 Å². The van der Waals surface area contributed by atoms with Crippen LogP contribution in [0.5, 0.6) is 5.88 Å². The Bertz CT molecular complexity index is 1480. The highest BCUT2D eigenvalue weighted by molar-refractivity contribution is 6.31. The predicted molar refractivity (Wildman–Crippen MR) is 144 cm³/mol. The molecule has 4 aromatic rings. The molecule has 194 valence electrons. The van der Waals surface area contributed by atoms with Crippen molar-refractivity contribution in [1.82, 2.24) is 25.3 Å². The summed E-state index contributed by atoms with van der Waals surface area (Å²) in [6.45, 7) is 5.35. The Balaban J connectivity index is 1.54. The van der Waals surface area contributed by atoms with Gasteiger partial charge in [-0.25, -0.2) is 4.98 Å². The third-order valence-electron chi connectivity index (χ3n) is 6.19. The van der Waals surface area contributed by atoms with E-state index in [1.54, 1.807) is 13.8 Å². The second kappa shape index (κ2) is 10.0. The lowest BCUT2D eigenvalue weighted by Gasteiger charge is -2.19. The maximum Gasteiger partial charge on any atom is 0.232 e. The summed E-state index contributed by atoms with van der Waals surface area (Å²) in [5.74, 6) is 1.30. The van der Waals surface area contributed by atoms with E-state index in [9.17, 15) is 5.11 Å². The van der Waals surface area contributed by atoms with Gasteiger partial charge in [-0.3, -0.25) is 0 Å². The molecule has 10 nitrogen and oxygen atoms in total. The first-order chi connectivity index (χ1) is 17.7. The number of ether oxygens (including phenoxy) is 1. The zero-order valence-electron chi connectivity index (χ0n) is 21.0. The number of benzene rings is 1. The Morgan fingerprint density at radius 1 is 1.30 bits per heavy atom. The third kappa shape index (κ3) is 5.55. The van der Waals surface area contributed by atoms with E-state index in [0.29, 0.717) is 23.0 Å². The molecule has 5 rings (SSSR count). The van der Waals surface area contributed by atoms with Gasteiger partial charge in [-0.2, -0.15) is 9.97 Å². The standard InChI is InChI=1S/C26H30ClN7O3/c1-14-31-18-9-8-15(10-20(18)36-14)17-12-29-23-21(17)24(37-16-6-4-5-7-16)34-25(33-23)32-19(11-28)22(27)30-13-26(2,3)35/h8-12,16,28,30,35H,4-7,13H2,1-3H3,(H2,29,32,33,34)/b22-19+,28-11?. The highest BCUT2D eigenvalue weighted by Gasteiger charge is 2.23. The molecule has 5 N–H and O–H groups in total. The van der Waals surface area contributed by atoms with Gasteiger partial charge in [-0.15, -0.1) is 0 Å². The molecule has 1 fully saturated rings. The van der Waals surface area contributed by atoms with Crippen molar-refractivity contribution in [2.45, 2.75) is 58.2 Å². The molecular formula is C26H30ClN7O3. The van der Waals surface area contributed by atoms with Crippen molar-refractivity contribution in [3.8, 4) is 17.0 Å². The van der Waals surface area contributed by atoms with Crippen molar-refractivity contribution in [1.29, 1.82) is 5.41 Å². The topological polar surface area (TPSA) is 145 Å². The van der Waals surface area contributed by atoms with Gasteiger partial charge in [0, 0.05) is 31.4 Å². The fourth-order valence-corrected chi connectivity index (χ4v) is 4.57. The molecular weight excluding hydrogens is 494 g/mol. The number of aromatic amines is 1. The molecule has 0 bridgehead atoms. The number of fused-ring (bicyclic) bond motifs is 2. The maximum atomic E-state index is 9.98. The van der Waals surface area contributed by atoms with Crippen LogP contribution in [0.3, 0.4) is 0 Å². The van der Waals surface area contributed by atoms with Crippen molar-refractivity contribution < 1.29 is 14.3 Å². The molecule has 0 aliphatic heterocycles. The number of halogens is 1. The summed E-state index contributed by atoms with van der Waals surface area (Å²) < 4.78 is 12.1. The van der Waals surface area contributed by atoms with E-state index >= 15 is 0 Å². The Morgan fingerprint density at radius 3 is 2.81 bits per heavy atom. The number of aryl methyl sites for hydroxylation is 1. The van der Waals surface area contributed by atoms with E-state index in [1.807, 2.05) is 31.3 Å². The molecule has 37 heavy (non-hydrogen) atoms. The molecule has 1 aliphatic carbocycles. The molecule has 3 aromatic heterocycles. The minimum atomic E-state index is -0.973. The molecule has 1 saturated carbocycles. The van der Waals surface area contributed by atoms with Crippen molar-refractivity contribution in [3.05, 3.63) is 41.1 Å². The normalized spacial score (nSPS) is 15.3. The molecule has 0 amide bonds. The summed E-state index contributed by atoms with van der Waals surface area (Å²) >= 11 is 6.37. The van der Waals surface area contributed by atoms with Gasteiger partial charge >= 0.3 is 0 Å². The van der Waals surface area contributed by atoms with Crippen LogP contribution in [0.1, 0.15) is 45.4 Å². The van der Waals surface area contributed by atoms with Crippen LogP contribution in [0, 0.1) is 12.3 Å². The molecule has 3 heterocycles. The van der Waals surface area contributed by atoms with Crippen LogP contribution in [0.25, 0.3) is 33.3 Å². The molecule has 1 aliphatic rings. The number of hydrogen-bond acceptors (Lipinski definition) is 9. The third-order valence-corrected chi connectivity index (χ3v) is 6.53. The number of aromatic nitrogens is 4. The monoisotopic (exact) mass is 523 g/mol. The minimum absolute atomic E-state index is 0.0721. The van der Waals surface area contributed by atoms with Gasteiger partial charge in [0.05, 0.1) is 16.7 Å². The second-order valence-electron chi connectivity index (χ2n) is 9.88. The smallest absolute Gasteiger partial charge is 0.232 e. The first-order valence-corrected chi connectivity index (χ1v) is 12.6. The average Bonchev–Trinajstić information content (AvgIpc) is 3.59. The highest BCUT2D eigenvalue weighted by Crippen LogP contribution is 2.37. The lowest BCUT2D eigenvalue weighted by Crippen LogP contribution is -2.34. The lowest BCUT2D eigenvalue weighted by atomic mass is 10.1. The first kappa shape index (κ1) is 25.0. The molecule has 1 aromatic carbocycles. The Hall–Kier alpha value is -3.63. The molecule has 0 atom stereocenters. The van der Waals surface area contributed by atoms with Crippen molar-refractivity contribution in [2.24, 2.45) is 0 Å². The van der Waals surface area contributed by atoms with Gasteiger partial charge < -0.3 is 35.3 Å². The van der Waals surface area contributed by atoms with Gasteiger partial charge in [-0.05, 0) is 57.2 Å². The summed E-state index contributed by atoms with van der Waals surface area (Å²) in [5.41, 5.74) is 3.18. The Labute approximate surface area is 219 Å². The Morgan fingerprint density at radius 2 is 2.08 bits per heavy atom. The minimum Gasteiger partial charge on any atom is -0.474 e. The first-order valence-electron chi connectivity index (χ1n) is 12.3. The maximum absolute atomic E-state index is 9.98. The molecule has 0 saturated heterocycles. The van der Waals surface area contributed by atoms with E-state index in [0.717, 1.165) is 53.9 Å². The average molecular weight is 524 g/mol. The highest BCUT2D eigenvalue weighted by atomic mass is 35.5. The summed E-state index contributed by atoms with van der Waals surface area (Å²) in [6, 6.07) is 5.87. The Kier molecular flexibility index (Phi) is 6.78. The van der Waals surface area contributed by atoms with Crippen LogP contribution >= 0.6 is 11.6 Å². The predicted octanol–water partition coefficient (Wildman–Crippen LogP) is 5.23. The largest absolute Gasteiger partial charge is 0.474 e. The zero-order chi connectivity index (χ0) is 26.2. The van der Waals surface area contributed by atoms with E-state index < -0.39 is 5.60 Å². The van der Waals surface area contributed by atoms with E-state index in [4.69, 9.17) is 31.1 Å². The summed E-state index contributed by atoms with van der Waals surface area (Å²) in [6.07, 6.45) is 7.19. The van der Waals surface area contributed by atoms with Crippen LogP contribution in [-0.4, -0.2) is 49.5 Å². The number of nitrogens with zero attached hydrogens (tertiary/aromatic N) is 3. The number of H-pyrrole nitrogens is 1. The van der Waals surface area contributed by atoms with Gasteiger partial charge in [0.15, 0.2) is 11.5 Å². The van der Waals surface area contributed by atoms with E-state index in [2.05, 4.69) is 25.6 Å². The second-order valence-corrected chi connectivity index (χ2v) is 10.3. The number of anilines is 1. The van der Waals surface area contributed by atoms with Crippen LogP contribution < -0.4 is 15.4 Å². The van der Waals surface area contributed by atoms with Crippen LogP contribution in [0.4, 0.5) is 5.95 Å². The summed E-state index contributed by atoms with van der Waals surface area (Å²) in [7, 11) is 0. The number of hydrogen-bond donors (Lipinski definition) is 5. The fraction of sp³-hybridized carbons (Fsp3) is 0.385. The van der Waals surface area contributed by atoms with Crippen molar-refractivity contribution >= 4 is 45.9 Å². The summed E-state index contributed by atoms with van der Waals surface area (Å²) in [5, 5.41) is 24.7. The van der Waals surface area contributed by atoms with E-state index in [1.165, 1.54) is 0 Å². The molecule has 0 unspecified atom stereocenters. The van der Waals surface area contributed by atoms with Crippen LogP contribution in [0.15, 0.2) is 39.7 Å². The quantitative estimate of drug-likeness (QED) is 0.148. The number of aliphatic hydroxyl groups is 1. The zero-order valence-corrected chi connectivity index (χ0v) is 21.7. The SMILES string of the molecule is Cc1nc2ccc(-c3c[nH]c4nc(N/C(C=N)=C(\Cl)NCC(C)(C)O)nc(OC5CCCC5)c34)cc2o1. The van der Waals surface area contributed by atoms with Gasteiger partial charge in [0.2, 0.25) is 11.8 Å². The molecule has 0 spiro atoms. The van der Waals surface area contributed by atoms with Crippen molar-refractivity contribution in [3.63, 3.8) is 0 Å². The number of rotatable bonds is 9. The lowest BCUT2D eigenvalue weighted by molar-refractivity contribution is 0.0831. The van der Waals surface area contributed by atoms with Crippen LogP contribution in [-0.2, 0) is 0 Å². The van der Waals surface area contributed by atoms with Gasteiger partial charge in [0.25, 0.3) is 0 Å². The van der Waals surface area contributed by atoms with Gasteiger partial charge in [0.1, 0.15) is 22.4 Å². The molecule has 11 heteroatoms.